The van der Waals surface area contributed by atoms with Gasteiger partial charge < -0.3 is 24.6 Å². The molecule has 0 amide bonds. The van der Waals surface area contributed by atoms with Crippen LogP contribution in [0.25, 0.3) is 11.1 Å². The Balaban J connectivity index is 1.03. The molecule has 0 unspecified atom stereocenters. The third kappa shape index (κ3) is 7.59. The third-order valence-corrected chi connectivity index (χ3v) is 9.73. The highest BCUT2D eigenvalue weighted by Crippen LogP contribution is 2.40. The summed E-state index contributed by atoms with van der Waals surface area (Å²) in [6.07, 6.45) is 15.3. The van der Waals surface area contributed by atoms with Crippen molar-refractivity contribution in [2.24, 2.45) is 0 Å². The van der Waals surface area contributed by atoms with Gasteiger partial charge in [-0.1, -0.05) is 17.7 Å². The molecule has 3 aromatic heterocycles. The van der Waals surface area contributed by atoms with E-state index >= 15 is 0 Å². The Morgan fingerprint density at radius 1 is 1.02 bits per heavy atom. The van der Waals surface area contributed by atoms with Crippen molar-refractivity contribution in [2.45, 2.75) is 102 Å². The van der Waals surface area contributed by atoms with Crippen LogP contribution in [-0.2, 0) is 11.3 Å². The number of halogens is 1. The van der Waals surface area contributed by atoms with Crippen molar-refractivity contribution in [3.63, 3.8) is 0 Å². The van der Waals surface area contributed by atoms with Gasteiger partial charge in [0.25, 0.3) is 5.88 Å². The predicted octanol–water partition coefficient (Wildman–Crippen LogP) is 5.29. The second-order valence-corrected chi connectivity index (χ2v) is 14.3. The average Bonchev–Trinajstić information content (AvgIpc) is 3.79. The van der Waals surface area contributed by atoms with Crippen molar-refractivity contribution in [1.82, 2.24) is 39.4 Å². The number of aromatic nitrogens is 7. The molecule has 0 spiro atoms. The zero-order valence-corrected chi connectivity index (χ0v) is 28.5. The minimum absolute atomic E-state index is 0.101. The molecular weight excluding hydrogens is 634 g/mol. The van der Waals surface area contributed by atoms with Crippen LogP contribution in [0.4, 0.5) is 11.6 Å². The van der Waals surface area contributed by atoms with E-state index in [-0.39, 0.29) is 18.8 Å². The Hall–Kier alpha value is -3.78. The Kier molecular flexibility index (Phi) is 9.54. The van der Waals surface area contributed by atoms with E-state index < -0.39 is 5.60 Å². The van der Waals surface area contributed by atoms with Crippen LogP contribution in [-0.4, -0.2) is 94.2 Å². The standard InChI is InChI=1S/C34H44ClN9O4/c1-22(15-42-21-36-20-39-42)48-31-12-23(4-11-29(31)35)24-13-37-33(38-14-24)40-30-16-43(41-32(30)47-19-34(2,3)45)25-5-7-26(8-6-25)44-27-9-10-28(44)18-46-17-27/h4,11-14,16,20-22,25-28,45H,5-10,15,17-19H2,1-3H3,(H,37,38,40)/t22-,25-,26-,27-,28+/m0/s1. The summed E-state index contributed by atoms with van der Waals surface area (Å²) < 4.78 is 21.7. The van der Waals surface area contributed by atoms with Gasteiger partial charge >= 0.3 is 0 Å². The Bertz CT molecular complexity index is 1640. The minimum atomic E-state index is -1.01. The van der Waals surface area contributed by atoms with Crippen LogP contribution in [0.3, 0.4) is 0 Å². The van der Waals surface area contributed by atoms with Crippen LogP contribution in [0.5, 0.6) is 11.6 Å². The highest BCUT2D eigenvalue weighted by molar-refractivity contribution is 6.32. The summed E-state index contributed by atoms with van der Waals surface area (Å²) in [6.45, 7) is 7.76. The Labute approximate surface area is 285 Å². The van der Waals surface area contributed by atoms with Crippen molar-refractivity contribution in [1.29, 1.82) is 0 Å². The highest BCUT2D eigenvalue weighted by Gasteiger charge is 2.42. The van der Waals surface area contributed by atoms with E-state index in [1.165, 1.54) is 19.2 Å². The number of nitrogens with zero attached hydrogens (tertiary/aromatic N) is 8. The van der Waals surface area contributed by atoms with Crippen LogP contribution < -0.4 is 14.8 Å². The minimum Gasteiger partial charge on any atom is -0.487 e. The van der Waals surface area contributed by atoms with Gasteiger partial charge in [0.1, 0.15) is 36.8 Å². The predicted molar refractivity (Wildman–Crippen MR) is 181 cm³/mol. The van der Waals surface area contributed by atoms with E-state index in [1.807, 2.05) is 29.9 Å². The second-order valence-electron chi connectivity index (χ2n) is 13.9. The third-order valence-electron chi connectivity index (χ3n) is 9.42. The first-order chi connectivity index (χ1) is 23.2. The topological polar surface area (TPSA) is 138 Å². The molecule has 4 aromatic rings. The van der Waals surface area contributed by atoms with Gasteiger partial charge in [0.2, 0.25) is 5.95 Å². The lowest BCUT2D eigenvalue weighted by atomic mass is 9.89. The van der Waals surface area contributed by atoms with Gasteiger partial charge in [-0.3, -0.25) is 9.58 Å². The van der Waals surface area contributed by atoms with Crippen molar-refractivity contribution < 1.29 is 19.3 Å². The van der Waals surface area contributed by atoms with Gasteiger partial charge in [-0.2, -0.15) is 5.10 Å². The molecule has 1 aromatic carbocycles. The number of hydrogen-bond acceptors (Lipinski definition) is 11. The van der Waals surface area contributed by atoms with Crippen molar-refractivity contribution >= 4 is 23.2 Å². The molecule has 1 aliphatic carbocycles. The fraction of sp³-hybridized carbons (Fsp3) is 0.559. The van der Waals surface area contributed by atoms with Crippen molar-refractivity contribution in [3.8, 4) is 22.8 Å². The molecule has 3 aliphatic rings. The normalized spacial score (nSPS) is 23.6. The molecular formula is C34H44ClN9O4. The van der Waals surface area contributed by atoms with Crippen molar-refractivity contribution in [3.05, 3.63) is 54.5 Å². The van der Waals surface area contributed by atoms with Gasteiger partial charge in [0.05, 0.1) is 42.6 Å². The first kappa shape index (κ1) is 32.8. The van der Waals surface area contributed by atoms with E-state index in [2.05, 4.69) is 30.3 Å². The smallest absolute Gasteiger partial charge is 0.257 e. The molecule has 7 rings (SSSR count). The summed E-state index contributed by atoms with van der Waals surface area (Å²) in [5.41, 5.74) is 1.33. The number of benzene rings is 1. The average molecular weight is 678 g/mol. The monoisotopic (exact) mass is 677 g/mol. The van der Waals surface area contributed by atoms with Crippen molar-refractivity contribution in [2.75, 3.05) is 25.1 Å². The van der Waals surface area contributed by atoms with Crippen LogP contribution >= 0.6 is 11.6 Å². The number of aliphatic hydroxyl groups is 1. The molecule has 48 heavy (non-hydrogen) atoms. The molecule has 3 atom stereocenters. The lowest BCUT2D eigenvalue weighted by Crippen LogP contribution is -2.52. The maximum absolute atomic E-state index is 10.4. The summed E-state index contributed by atoms with van der Waals surface area (Å²) in [5, 5.41) is 23.2. The first-order valence-corrected chi connectivity index (χ1v) is 17.2. The number of ether oxygens (including phenoxy) is 3. The van der Waals surface area contributed by atoms with Gasteiger partial charge in [-0.15, -0.1) is 5.10 Å². The number of morpholine rings is 1. The summed E-state index contributed by atoms with van der Waals surface area (Å²) in [5.74, 6) is 1.39. The van der Waals surface area contributed by atoms with E-state index in [1.54, 1.807) is 43.3 Å². The molecule has 2 aliphatic heterocycles. The second kappa shape index (κ2) is 14.0. The lowest BCUT2D eigenvalue weighted by molar-refractivity contribution is -0.0458. The molecule has 256 valence electrons. The maximum Gasteiger partial charge on any atom is 0.257 e. The highest BCUT2D eigenvalue weighted by atomic mass is 35.5. The quantitative estimate of drug-likeness (QED) is 0.202. The molecule has 1 saturated carbocycles. The largest absolute Gasteiger partial charge is 0.487 e. The van der Waals surface area contributed by atoms with E-state index in [9.17, 15) is 5.11 Å². The summed E-state index contributed by atoms with van der Waals surface area (Å²) in [6, 6.07) is 7.64. The Morgan fingerprint density at radius 3 is 2.42 bits per heavy atom. The SMILES string of the molecule is C[C@@H](Cn1cncn1)Oc1cc(-c2cnc(Nc3cn([C@H]4CC[C@H](N5[C@@H]6CC[C@H]5COC6)CC4)nc3OCC(C)(C)O)nc2)ccc1Cl. The summed E-state index contributed by atoms with van der Waals surface area (Å²) >= 11 is 6.47. The zero-order valence-electron chi connectivity index (χ0n) is 27.7. The number of anilines is 2. The molecule has 2 N–H and O–H groups in total. The summed E-state index contributed by atoms with van der Waals surface area (Å²) in [7, 11) is 0. The van der Waals surface area contributed by atoms with Gasteiger partial charge in [0, 0.05) is 36.1 Å². The first-order valence-electron chi connectivity index (χ1n) is 16.9. The molecule has 3 fully saturated rings. The van der Waals surface area contributed by atoms with E-state index in [0.717, 1.165) is 50.0 Å². The summed E-state index contributed by atoms with van der Waals surface area (Å²) in [4.78, 5) is 15.9. The molecule has 14 heteroatoms. The fourth-order valence-electron chi connectivity index (χ4n) is 7.16. The van der Waals surface area contributed by atoms with Crippen LogP contribution in [0.1, 0.15) is 65.3 Å². The molecule has 2 bridgehead atoms. The maximum atomic E-state index is 10.4. The van der Waals surface area contributed by atoms with Gasteiger partial charge in [0.15, 0.2) is 0 Å². The number of nitrogens with one attached hydrogen (secondary N) is 1. The number of hydrogen-bond donors (Lipinski definition) is 2. The van der Waals surface area contributed by atoms with Gasteiger partial charge in [-0.25, -0.2) is 19.6 Å². The number of rotatable bonds is 12. The molecule has 5 heterocycles. The molecule has 2 saturated heterocycles. The van der Waals surface area contributed by atoms with Gasteiger partial charge in [-0.05, 0) is 77.0 Å². The van der Waals surface area contributed by atoms with Crippen LogP contribution in [0.2, 0.25) is 5.02 Å². The lowest BCUT2D eigenvalue weighted by Gasteiger charge is -2.43. The fourth-order valence-corrected chi connectivity index (χ4v) is 7.32. The molecule has 0 radical (unpaired) electrons. The van der Waals surface area contributed by atoms with E-state index in [4.69, 9.17) is 30.9 Å². The Morgan fingerprint density at radius 2 is 1.73 bits per heavy atom. The number of fused-ring (bicyclic) bond motifs is 2. The zero-order chi connectivity index (χ0) is 33.3. The molecule has 13 nitrogen and oxygen atoms in total. The van der Waals surface area contributed by atoms with Crippen LogP contribution in [0, 0.1) is 0 Å². The van der Waals surface area contributed by atoms with Crippen LogP contribution in [0.15, 0.2) is 49.4 Å². The van der Waals surface area contributed by atoms with E-state index in [0.29, 0.717) is 53.0 Å².